The third-order valence-corrected chi connectivity index (χ3v) is 3.40. The number of carbonyl (C=O) groups excluding carboxylic acids is 1. The van der Waals surface area contributed by atoms with Crippen LogP contribution in [0.1, 0.15) is 27.2 Å². The molecule has 1 saturated heterocycles. The first-order valence-corrected chi connectivity index (χ1v) is 7.41. The summed E-state index contributed by atoms with van der Waals surface area (Å²) in [6.45, 7) is 6.17. The van der Waals surface area contributed by atoms with Gasteiger partial charge in [0.05, 0.1) is 6.61 Å². The highest BCUT2D eigenvalue weighted by Gasteiger charge is 2.30. The van der Waals surface area contributed by atoms with Crippen LogP contribution < -0.4 is 4.74 Å². The SMILES string of the molecule is CC(C)(C)OC(=O)N1CCC(COc2c(F)ccc(F)c2F)C1. The fraction of sp³-hybridized carbons (Fsp3) is 0.562. The molecule has 1 heterocycles. The molecule has 128 valence electrons. The molecule has 1 atom stereocenters. The average molecular weight is 331 g/mol. The number of hydrogen-bond acceptors (Lipinski definition) is 3. The second-order valence-corrected chi connectivity index (χ2v) is 6.56. The highest BCUT2D eigenvalue weighted by Crippen LogP contribution is 2.26. The number of hydrogen-bond donors (Lipinski definition) is 0. The second-order valence-electron chi connectivity index (χ2n) is 6.56. The average Bonchev–Trinajstić information content (AvgIpc) is 2.90. The maximum absolute atomic E-state index is 13.5. The fourth-order valence-corrected chi connectivity index (χ4v) is 2.30. The molecule has 0 bridgehead atoms. The summed E-state index contributed by atoms with van der Waals surface area (Å²) in [6, 6.07) is 1.52. The third-order valence-electron chi connectivity index (χ3n) is 3.40. The van der Waals surface area contributed by atoms with Crippen LogP contribution in [0.5, 0.6) is 5.75 Å². The molecule has 0 N–H and O–H groups in total. The lowest BCUT2D eigenvalue weighted by Crippen LogP contribution is -2.35. The summed E-state index contributed by atoms with van der Waals surface area (Å²) in [5.41, 5.74) is -0.584. The minimum Gasteiger partial charge on any atom is -0.487 e. The number of benzene rings is 1. The van der Waals surface area contributed by atoms with Gasteiger partial charge in [0.1, 0.15) is 5.60 Å². The van der Waals surface area contributed by atoms with Gasteiger partial charge in [-0.2, -0.15) is 4.39 Å². The zero-order valence-corrected chi connectivity index (χ0v) is 13.4. The summed E-state index contributed by atoms with van der Waals surface area (Å²) >= 11 is 0. The second kappa shape index (κ2) is 6.68. The predicted molar refractivity (Wildman–Crippen MR) is 77.7 cm³/mol. The van der Waals surface area contributed by atoms with Crippen molar-refractivity contribution in [3.63, 3.8) is 0 Å². The van der Waals surface area contributed by atoms with Crippen molar-refractivity contribution in [2.24, 2.45) is 5.92 Å². The molecule has 0 aromatic heterocycles. The molecule has 0 spiro atoms. The number of rotatable bonds is 3. The summed E-state index contributed by atoms with van der Waals surface area (Å²) in [6.07, 6.45) is 0.195. The number of nitrogens with zero attached hydrogens (tertiary/aromatic N) is 1. The van der Waals surface area contributed by atoms with E-state index >= 15 is 0 Å². The van der Waals surface area contributed by atoms with Crippen molar-refractivity contribution in [2.45, 2.75) is 32.8 Å². The Hall–Kier alpha value is -1.92. The van der Waals surface area contributed by atoms with Gasteiger partial charge in [0.15, 0.2) is 17.4 Å². The molecule has 1 aromatic carbocycles. The molecule has 0 radical (unpaired) electrons. The Morgan fingerprint density at radius 3 is 2.57 bits per heavy atom. The number of ether oxygens (including phenoxy) is 2. The van der Waals surface area contributed by atoms with Crippen molar-refractivity contribution in [1.82, 2.24) is 4.90 Å². The Balaban J connectivity index is 1.90. The first kappa shape index (κ1) is 17.4. The van der Waals surface area contributed by atoms with Crippen molar-refractivity contribution in [2.75, 3.05) is 19.7 Å². The quantitative estimate of drug-likeness (QED) is 0.792. The van der Waals surface area contributed by atoms with Gasteiger partial charge in [-0.05, 0) is 39.3 Å². The van der Waals surface area contributed by atoms with Crippen molar-refractivity contribution in [3.05, 3.63) is 29.6 Å². The van der Waals surface area contributed by atoms with Crippen LogP contribution in [0.4, 0.5) is 18.0 Å². The van der Waals surface area contributed by atoms with Crippen molar-refractivity contribution < 1.29 is 27.4 Å². The Labute approximate surface area is 133 Å². The highest BCUT2D eigenvalue weighted by atomic mass is 19.2. The summed E-state index contributed by atoms with van der Waals surface area (Å²) < 4.78 is 50.4. The van der Waals surface area contributed by atoms with Crippen LogP contribution in [0, 0.1) is 23.4 Å². The van der Waals surface area contributed by atoms with E-state index in [0.29, 0.717) is 25.6 Å². The number of likely N-dealkylation sites (tertiary alicyclic amines) is 1. The standard InChI is InChI=1S/C16H20F3NO3/c1-16(2,3)23-15(21)20-7-6-10(8-20)9-22-14-12(18)5-4-11(17)13(14)19/h4-5,10H,6-9H2,1-3H3. The number of halogens is 3. The van der Waals surface area contributed by atoms with E-state index in [-0.39, 0.29) is 12.5 Å². The van der Waals surface area contributed by atoms with Gasteiger partial charge in [0.25, 0.3) is 0 Å². The van der Waals surface area contributed by atoms with Crippen molar-refractivity contribution in [1.29, 1.82) is 0 Å². The van der Waals surface area contributed by atoms with E-state index in [2.05, 4.69) is 0 Å². The van der Waals surface area contributed by atoms with Crippen LogP contribution in [0.25, 0.3) is 0 Å². The van der Waals surface area contributed by atoms with Crippen LogP contribution in [-0.2, 0) is 4.74 Å². The number of amides is 1. The molecule has 0 saturated carbocycles. The summed E-state index contributed by atoms with van der Waals surface area (Å²) in [5, 5.41) is 0. The molecule has 1 amide bonds. The number of carbonyl (C=O) groups is 1. The van der Waals surface area contributed by atoms with Crippen LogP contribution in [0.2, 0.25) is 0 Å². The minimum atomic E-state index is -1.34. The van der Waals surface area contributed by atoms with E-state index < -0.39 is 34.9 Å². The van der Waals surface area contributed by atoms with Gasteiger partial charge in [-0.3, -0.25) is 0 Å². The summed E-state index contributed by atoms with van der Waals surface area (Å²) in [4.78, 5) is 13.5. The lowest BCUT2D eigenvalue weighted by atomic mass is 10.1. The van der Waals surface area contributed by atoms with Gasteiger partial charge in [0, 0.05) is 19.0 Å². The Morgan fingerprint density at radius 2 is 1.91 bits per heavy atom. The molecular weight excluding hydrogens is 311 g/mol. The Kier molecular flexibility index (Phi) is 5.06. The third kappa shape index (κ3) is 4.53. The largest absolute Gasteiger partial charge is 0.487 e. The van der Waals surface area contributed by atoms with Crippen LogP contribution in [0.3, 0.4) is 0 Å². The molecule has 1 unspecified atom stereocenters. The van der Waals surface area contributed by atoms with E-state index in [0.717, 1.165) is 6.07 Å². The molecule has 1 fully saturated rings. The van der Waals surface area contributed by atoms with E-state index in [9.17, 15) is 18.0 Å². The maximum atomic E-state index is 13.5. The zero-order valence-electron chi connectivity index (χ0n) is 13.4. The molecule has 7 heteroatoms. The monoisotopic (exact) mass is 331 g/mol. The summed E-state index contributed by atoms with van der Waals surface area (Å²) in [7, 11) is 0. The van der Waals surface area contributed by atoms with E-state index in [1.165, 1.54) is 4.90 Å². The molecule has 4 nitrogen and oxygen atoms in total. The van der Waals surface area contributed by atoms with Gasteiger partial charge in [-0.25, -0.2) is 13.6 Å². The molecule has 1 aromatic rings. The maximum Gasteiger partial charge on any atom is 0.410 e. The Morgan fingerprint density at radius 1 is 1.26 bits per heavy atom. The predicted octanol–water partition coefficient (Wildman–Crippen LogP) is 3.74. The van der Waals surface area contributed by atoms with Crippen LogP contribution in [0.15, 0.2) is 12.1 Å². The smallest absolute Gasteiger partial charge is 0.410 e. The van der Waals surface area contributed by atoms with Crippen molar-refractivity contribution in [3.8, 4) is 5.75 Å². The lowest BCUT2D eigenvalue weighted by molar-refractivity contribution is 0.0284. The normalized spacial score (nSPS) is 18.2. The topological polar surface area (TPSA) is 38.8 Å². The first-order chi connectivity index (χ1) is 10.7. The van der Waals surface area contributed by atoms with E-state index in [1.54, 1.807) is 20.8 Å². The van der Waals surface area contributed by atoms with E-state index in [1.807, 2.05) is 0 Å². The van der Waals surface area contributed by atoms with Gasteiger partial charge >= 0.3 is 6.09 Å². The van der Waals surface area contributed by atoms with E-state index in [4.69, 9.17) is 9.47 Å². The summed E-state index contributed by atoms with van der Waals surface area (Å²) in [5.74, 6) is -4.27. The van der Waals surface area contributed by atoms with Gasteiger partial charge in [-0.15, -0.1) is 0 Å². The molecule has 0 aliphatic carbocycles. The molecule has 23 heavy (non-hydrogen) atoms. The van der Waals surface area contributed by atoms with Gasteiger partial charge < -0.3 is 14.4 Å². The Bertz CT molecular complexity index is 587. The van der Waals surface area contributed by atoms with Crippen LogP contribution in [-0.4, -0.2) is 36.3 Å². The molecular formula is C16H20F3NO3. The fourth-order valence-electron chi connectivity index (χ4n) is 2.30. The first-order valence-electron chi connectivity index (χ1n) is 7.41. The van der Waals surface area contributed by atoms with Crippen LogP contribution >= 0.6 is 0 Å². The molecule has 1 aliphatic heterocycles. The van der Waals surface area contributed by atoms with Gasteiger partial charge in [0.2, 0.25) is 5.82 Å². The van der Waals surface area contributed by atoms with Gasteiger partial charge in [-0.1, -0.05) is 0 Å². The molecule has 2 rings (SSSR count). The zero-order chi connectivity index (χ0) is 17.2. The van der Waals surface area contributed by atoms with Crippen molar-refractivity contribution >= 4 is 6.09 Å². The lowest BCUT2D eigenvalue weighted by Gasteiger charge is -2.24. The molecule has 1 aliphatic rings. The minimum absolute atomic E-state index is 0.00338. The highest BCUT2D eigenvalue weighted by molar-refractivity contribution is 5.68.